The normalized spacial score (nSPS) is 22.7. The largest absolute Gasteiger partial charge is 0.369 e. The van der Waals surface area contributed by atoms with Crippen molar-refractivity contribution >= 4 is 29.5 Å². The summed E-state index contributed by atoms with van der Waals surface area (Å²) in [5.74, 6) is -4.30. The third-order valence-corrected chi connectivity index (χ3v) is 1.58. The minimum Gasteiger partial charge on any atom is -0.369 e. The summed E-state index contributed by atoms with van der Waals surface area (Å²) in [5, 5.41) is 5.04. The monoisotopic (exact) mass is 213 g/mol. The lowest BCUT2D eigenvalue weighted by Gasteiger charge is -2.00. The van der Waals surface area contributed by atoms with E-state index in [2.05, 4.69) is 10.8 Å². The molecule has 9 heteroatoms. The number of hydrogen-bond donors (Lipinski definition) is 4. The first kappa shape index (κ1) is 10.6. The average Bonchev–Trinajstić information content (AvgIpc) is 2.37. The molecule has 1 rings (SSSR count). The van der Waals surface area contributed by atoms with E-state index in [1.807, 2.05) is 5.32 Å². The van der Waals surface area contributed by atoms with Crippen LogP contribution in [0.25, 0.3) is 0 Å². The summed E-state index contributed by atoms with van der Waals surface area (Å²) < 4.78 is 0. The average molecular weight is 213 g/mol. The number of urea groups is 1. The summed E-state index contributed by atoms with van der Waals surface area (Å²) in [6.45, 7) is 0. The van der Waals surface area contributed by atoms with E-state index >= 15 is 0 Å². The number of hydrogen-bond acceptors (Lipinski definition) is 5. The molecule has 1 aliphatic heterocycles. The van der Waals surface area contributed by atoms with Gasteiger partial charge >= 0.3 is 6.03 Å². The Morgan fingerprint density at radius 1 is 1.33 bits per heavy atom. The zero-order chi connectivity index (χ0) is 11.6. The van der Waals surface area contributed by atoms with Gasteiger partial charge in [0.05, 0.1) is 0 Å². The van der Waals surface area contributed by atoms with Crippen LogP contribution in [0.3, 0.4) is 0 Å². The van der Waals surface area contributed by atoms with Gasteiger partial charge in [-0.25, -0.2) is 10.2 Å². The van der Waals surface area contributed by atoms with Crippen molar-refractivity contribution in [1.82, 2.24) is 10.7 Å². The number of carbonyl (C=O) groups is 4. The molecule has 1 atom stereocenters. The Bertz CT molecular complexity index is 387. The molecule has 0 radical (unpaired) electrons. The molecule has 15 heavy (non-hydrogen) atoms. The molecule has 0 aromatic carbocycles. The zero-order valence-electron chi connectivity index (χ0n) is 7.31. The van der Waals surface area contributed by atoms with Crippen LogP contribution in [-0.4, -0.2) is 29.5 Å². The van der Waals surface area contributed by atoms with Crippen LogP contribution in [0.15, 0.2) is 5.10 Å². The second-order valence-electron chi connectivity index (χ2n) is 2.63. The number of hydrazone groups is 1. The number of carbonyl (C=O) groups excluding carboxylic acids is 4. The molecule has 0 aromatic heterocycles. The van der Waals surface area contributed by atoms with Crippen LogP contribution >= 0.6 is 0 Å². The molecule has 0 unspecified atom stereocenters. The van der Waals surface area contributed by atoms with Crippen molar-refractivity contribution in [3.63, 3.8) is 0 Å². The molecule has 5 amide bonds. The molecule has 6 N–H and O–H groups in total. The van der Waals surface area contributed by atoms with Gasteiger partial charge in [-0.1, -0.05) is 0 Å². The van der Waals surface area contributed by atoms with Crippen LogP contribution < -0.4 is 22.2 Å². The first-order valence-corrected chi connectivity index (χ1v) is 3.71. The minimum absolute atomic E-state index is 0.480. The molecule has 0 aromatic rings. The zero-order valence-corrected chi connectivity index (χ0v) is 7.31. The van der Waals surface area contributed by atoms with E-state index in [4.69, 9.17) is 5.73 Å². The molecule has 0 spiro atoms. The van der Waals surface area contributed by atoms with Gasteiger partial charge in [0, 0.05) is 0 Å². The second-order valence-corrected chi connectivity index (χ2v) is 2.63. The van der Waals surface area contributed by atoms with Gasteiger partial charge in [0.25, 0.3) is 5.91 Å². The van der Waals surface area contributed by atoms with Gasteiger partial charge in [0.1, 0.15) is 5.71 Å². The van der Waals surface area contributed by atoms with Crippen LogP contribution in [0.1, 0.15) is 0 Å². The summed E-state index contributed by atoms with van der Waals surface area (Å²) in [6.07, 6.45) is 0. The Labute approximate surface area is 82.8 Å². The molecular formula is C6H7N5O4. The van der Waals surface area contributed by atoms with Crippen molar-refractivity contribution in [3.8, 4) is 0 Å². The van der Waals surface area contributed by atoms with Gasteiger partial charge in [-0.2, -0.15) is 5.10 Å². The van der Waals surface area contributed by atoms with E-state index in [-0.39, 0.29) is 0 Å². The fourth-order valence-corrected chi connectivity index (χ4v) is 0.998. The lowest BCUT2D eigenvalue weighted by atomic mass is 10.1. The Morgan fingerprint density at radius 3 is 2.40 bits per heavy atom. The van der Waals surface area contributed by atoms with E-state index in [0.717, 1.165) is 0 Å². The van der Waals surface area contributed by atoms with Gasteiger partial charge in [-0.05, 0) is 0 Å². The van der Waals surface area contributed by atoms with Crippen LogP contribution in [0.2, 0.25) is 0 Å². The summed E-state index contributed by atoms with van der Waals surface area (Å²) in [4.78, 5) is 43.2. The highest BCUT2D eigenvalue weighted by Gasteiger charge is 2.42. The quantitative estimate of drug-likeness (QED) is 0.216. The molecular weight excluding hydrogens is 206 g/mol. The predicted octanol–water partition coefficient (Wildman–Crippen LogP) is -3.23. The number of amides is 5. The highest BCUT2D eigenvalue weighted by atomic mass is 16.2. The Kier molecular flexibility index (Phi) is 2.65. The highest BCUT2D eigenvalue weighted by Crippen LogP contribution is 2.07. The first-order valence-electron chi connectivity index (χ1n) is 3.71. The number of nitrogens with one attached hydrogen (secondary N) is 2. The molecule has 9 nitrogen and oxygen atoms in total. The summed E-state index contributed by atoms with van der Waals surface area (Å²) in [7, 11) is 0. The maximum Gasteiger partial charge on any atom is 0.332 e. The summed E-state index contributed by atoms with van der Waals surface area (Å²) in [5.41, 5.74) is 10.8. The van der Waals surface area contributed by atoms with Crippen LogP contribution in [0.5, 0.6) is 0 Å². The predicted molar refractivity (Wildman–Crippen MR) is 46.0 cm³/mol. The highest BCUT2D eigenvalue weighted by molar-refractivity contribution is 6.54. The van der Waals surface area contributed by atoms with Gasteiger partial charge in [0.2, 0.25) is 11.8 Å². The van der Waals surface area contributed by atoms with E-state index in [1.54, 1.807) is 5.43 Å². The molecule has 1 fully saturated rings. The van der Waals surface area contributed by atoms with Crippen molar-refractivity contribution in [2.24, 2.45) is 22.5 Å². The molecule has 0 bridgehead atoms. The van der Waals surface area contributed by atoms with E-state index in [9.17, 15) is 19.2 Å². The van der Waals surface area contributed by atoms with Crippen LogP contribution in [0.4, 0.5) is 4.79 Å². The van der Waals surface area contributed by atoms with Crippen LogP contribution in [-0.2, 0) is 14.4 Å². The minimum atomic E-state index is -1.50. The lowest BCUT2D eigenvalue weighted by molar-refractivity contribution is -0.130. The maximum atomic E-state index is 11.0. The third-order valence-electron chi connectivity index (χ3n) is 1.58. The van der Waals surface area contributed by atoms with Crippen molar-refractivity contribution < 1.29 is 19.2 Å². The van der Waals surface area contributed by atoms with Gasteiger partial charge in [-0.15, -0.1) is 0 Å². The molecule has 1 aliphatic rings. The van der Waals surface area contributed by atoms with Crippen LogP contribution in [0, 0.1) is 5.92 Å². The van der Waals surface area contributed by atoms with Crippen molar-refractivity contribution in [2.45, 2.75) is 0 Å². The fraction of sp³-hybridized carbons (Fsp3) is 0.167. The molecule has 80 valence electrons. The molecule has 1 saturated heterocycles. The standard InChI is InChI=1S/C6H7N5O4/c7-3(12)1-2(10-11-6(8)15)5(14)9-4(1)13/h1H,(H2,7,12)(H3,8,11,15)(H,9,13,14)/b10-2-/t1-/m0/s1. The van der Waals surface area contributed by atoms with E-state index in [1.165, 1.54) is 0 Å². The van der Waals surface area contributed by atoms with Crippen molar-refractivity contribution in [1.29, 1.82) is 0 Å². The summed E-state index contributed by atoms with van der Waals surface area (Å²) >= 11 is 0. The Hall–Kier alpha value is -2.45. The molecule has 1 heterocycles. The van der Waals surface area contributed by atoms with Crippen molar-refractivity contribution in [3.05, 3.63) is 0 Å². The maximum absolute atomic E-state index is 11.0. The number of rotatable bonds is 2. The lowest BCUT2D eigenvalue weighted by Crippen LogP contribution is -2.35. The number of nitrogens with zero attached hydrogens (tertiary/aromatic N) is 1. The Morgan fingerprint density at radius 2 is 1.93 bits per heavy atom. The van der Waals surface area contributed by atoms with Crippen molar-refractivity contribution in [2.75, 3.05) is 0 Å². The number of nitrogens with two attached hydrogens (primary N) is 2. The smallest absolute Gasteiger partial charge is 0.332 e. The van der Waals surface area contributed by atoms with Gasteiger partial charge in [-0.3, -0.25) is 19.7 Å². The molecule has 0 aliphatic carbocycles. The number of imide groups is 1. The van der Waals surface area contributed by atoms with E-state index in [0.29, 0.717) is 0 Å². The topological polar surface area (TPSA) is 157 Å². The first-order chi connectivity index (χ1) is 6.93. The summed E-state index contributed by atoms with van der Waals surface area (Å²) in [6, 6.07) is -1.03. The fourth-order valence-electron chi connectivity index (χ4n) is 0.998. The van der Waals surface area contributed by atoms with E-state index < -0.39 is 35.4 Å². The Balaban J connectivity index is 2.98. The number of primary amides is 2. The second kappa shape index (κ2) is 3.74. The third kappa shape index (κ3) is 2.07. The SMILES string of the molecule is NC(=O)N/N=C1\C(=O)NC(=O)[C@@H]1C(N)=O. The van der Waals surface area contributed by atoms with Gasteiger partial charge in [0.15, 0.2) is 5.92 Å². The van der Waals surface area contributed by atoms with Gasteiger partial charge < -0.3 is 11.5 Å². The molecule has 0 saturated carbocycles.